The summed E-state index contributed by atoms with van der Waals surface area (Å²) >= 11 is 0. The fraction of sp³-hybridized carbons (Fsp3) is 1.00. The molecule has 0 spiro atoms. The van der Waals surface area contributed by atoms with Crippen LogP contribution in [0.1, 0.15) is 39.0 Å². The first-order chi connectivity index (χ1) is 9.63. The minimum absolute atomic E-state index is 0.282. The summed E-state index contributed by atoms with van der Waals surface area (Å²) in [6, 6.07) is 0.381. The molecule has 0 aromatic carbocycles. The van der Waals surface area contributed by atoms with Crippen molar-refractivity contribution in [1.29, 1.82) is 0 Å². The molecule has 5 nitrogen and oxygen atoms in total. The third-order valence-corrected chi connectivity index (χ3v) is 3.80. The molecule has 5 heteroatoms. The number of hydrogen-bond donors (Lipinski definition) is 2. The summed E-state index contributed by atoms with van der Waals surface area (Å²) in [5.41, 5.74) is 0. The topological polar surface area (TPSA) is 62.2 Å². The highest BCUT2D eigenvalue weighted by Crippen LogP contribution is 2.20. The lowest BCUT2D eigenvalue weighted by molar-refractivity contribution is -0.00947. The predicted molar refractivity (Wildman–Crippen MR) is 78.8 cm³/mol. The van der Waals surface area contributed by atoms with E-state index in [4.69, 9.17) is 9.47 Å². The molecule has 1 heterocycles. The highest BCUT2D eigenvalue weighted by Gasteiger charge is 2.24. The monoisotopic (exact) mass is 289 g/mol. The molecule has 2 N–H and O–H groups in total. The van der Waals surface area contributed by atoms with Crippen LogP contribution >= 0.6 is 0 Å². The van der Waals surface area contributed by atoms with Crippen molar-refractivity contribution < 1.29 is 19.7 Å². The van der Waals surface area contributed by atoms with Gasteiger partial charge in [-0.2, -0.15) is 0 Å². The highest BCUT2D eigenvalue weighted by molar-refractivity contribution is 4.79. The van der Waals surface area contributed by atoms with E-state index in [1.165, 1.54) is 19.3 Å². The van der Waals surface area contributed by atoms with E-state index < -0.39 is 6.10 Å². The van der Waals surface area contributed by atoms with Crippen molar-refractivity contribution in [2.24, 2.45) is 0 Å². The fourth-order valence-corrected chi connectivity index (χ4v) is 2.82. The first kappa shape index (κ1) is 17.9. The number of β-amino-alcohol motifs (C(OH)–C–C–N with tert-alkyl or cyclic N) is 1. The molecule has 1 saturated heterocycles. The van der Waals surface area contributed by atoms with E-state index in [9.17, 15) is 10.2 Å². The van der Waals surface area contributed by atoms with Crippen LogP contribution in [-0.4, -0.2) is 73.4 Å². The van der Waals surface area contributed by atoms with Crippen molar-refractivity contribution in [2.45, 2.75) is 57.3 Å². The molecule has 120 valence electrons. The van der Waals surface area contributed by atoms with Gasteiger partial charge in [0.2, 0.25) is 0 Å². The van der Waals surface area contributed by atoms with Crippen LogP contribution in [0, 0.1) is 0 Å². The van der Waals surface area contributed by atoms with E-state index >= 15 is 0 Å². The van der Waals surface area contributed by atoms with E-state index in [1.54, 1.807) is 7.11 Å². The molecule has 1 fully saturated rings. The molecule has 0 aromatic rings. The number of aliphatic hydroxyl groups excluding tert-OH is 2. The van der Waals surface area contributed by atoms with E-state index in [-0.39, 0.29) is 6.10 Å². The quantitative estimate of drug-likeness (QED) is 0.621. The smallest absolute Gasteiger partial charge is 0.0900 e. The van der Waals surface area contributed by atoms with Gasteiger partial charge in [-0.25, -0.2) is 0 Å². The lowest BCUT2D eigenvalue weighted by Gasteiger charge is -2.32. The van der Waals surface area contributed by atoms with Crippen LogP contribution in [0.2, 0.25) is 0 Å². The Morgan fingerprint density at radius 1 is 1.20 bits per heavy atom. The minimum Gasteiger partial charge on any atom is -0.393 e. The number of likely N-dealkylation sites (tertiary alicyclic amines) is 1. The van der Waals surface area contributed by atoms with E-state index in [0.717, 1.165) is 19.4 Å². The van der Waals surface area contributed by atoms with Gasteiger partial charge >= 0.3 is 0 Å². The van der Waals surface area contributed by atoms with Crippen molar-refractivity contribution in [3.05, 3.63) is 0 Å². The number of nitrogens with zero attached hydrogens (tertiary/aromatic N) is 1. The van der Waals surface area contributed by atoms with Crippen LogP contribution in [0.25, 0.3) is 0 Å². The molecule has 1 rings (SSSR count). The Bertz CT molecular complexity index is 238. The molecule has 0 saturated carbocycles. The average molecular weight is 289 g/mol. The fourth-order valence-electron chi connectivity index (χ4n) is 2.82. The molecule has 0 aromatic heterocycles. The van der Waals surface area contributed by atoms with Gasteiger partial charge in [0.25, 0.3) is 0 Å². The maximum absolute atomic E-state index is 10.1. The maximum atomic E-state index is 10.1. The molecule has 20 heavy (non-hydrogen) atoms. The van der Waals surface area contributed by atoms with Crippen LogP contribution in [0.5, 0.6) is 0 Å². The third-order valence-electron chi connectivity index (χ3n) is 3.80. The third kappa shape index (κ3) is 7.55. The van der Waals surface area contributed by atoms with Crippen LogP contribution in [0.15, 0.2) is 0 Å². The summed E-state index contributed by atoms with van der Waals surface area (Å²) in [4.78, 5) is 2.32. The van der Waals surface area contributed by atoms with Crippen LogP contribution < -0.4 is 0 Å². The number of ether oxygens (including phenoxy) is 2. The second-order valence-electron chi connectivity index (χ2n) is 5.80. The summed E-state index contributed by atoms with van der Waals surface area (Å²) in [6.07, 6.45) is 4.78. The molecule has 1 aliphatic heterocycles. The molecule has 1 aliphatic rings. The lowest BCUT2D eigenvalue weighted by Crippen LogP contribution is -2.43. The molecule has 0 bridgehead atoms. The van der Waals surface area contributed by atoms with Crippen molar-refractivity contribution in [3.63, 3.8) is 0 Å². The van der Waals surface area contributed by atoms with Gasteiger partial charge in [0.15, 0.2) is 0 Å². The Morgan fingerprint density at radius 2 is 2.00 bits per heavy atom. The molecular weight excluding hydrogens is 258 g/mol. The standard InChI is InChI=1S/C15H31NO4/c1-13(17)10-14-6-4-3-5-7-16(14)11-15(18)12-20-9-8-19-2/h13-15,17-18H,3-12H2,1-2H3. The van der Waals surface area contributed by atoms with Gasteiger partial charge in [-0.15, -0.1) is 0 Å². The number of methoxy groups -OCH3 is 1. The maximum Gasteiger partial charge on any atom is 0.0900 e. The van der Waals surface area contributed by atoms with Crippen LogP contribution in [-0.2, 0) is 9.47 Å². The van der Waals surface area contributed by atoms with E-state index in [1.807, 2.05) is 6.92 Å². The number of aliphatic hydroxyl groups is 2. The van der Waals surface area contributed by atoms with E-state index in [2.05, 4.69) is 4.90 Å². The Labute approximate surface area is 122 Å². The van der Waals surface area contributed by atoms with Gasteiger partial charge in [0, 0.05) is 19.7 Å². The zero-order valence-electron chi connectivity index (χ0n) is 13.0. The first-order valence-electron chi connectivity index (χ1n) is 7.80. The number of hydrogen-bond acceptors (Lipinski definition) is 5. The second-order valence-corrected chi connectivity index (χ2v) is 5.80. The SMILES string of the molecule is COCCOCC(O)CN1CCCCCC1CC(C)O. The summed E-state index contributed by atoms with van der Waals surface area (Å²) in [5, 5.41) is 19.7. The lowest BCUT2D eigenvalue weighted by atomic mass is 10.0. The van der Waals surface area contributed by atoms with Gasteiger partial charge in [-0.1, -0.05) is 12.8 Å². The van der Waals surface area contributed by atoms with Crippen LogP contribution in [0.4, 0.5) is 0 Å². The Hall–Kier alpha value is -0.200. The van der Waals surface area contributed by atoms with Crippen LogP contribution in [0.3, 0.4) is 0 Å². The minimum atomic E-state index is -0.471. The molecule has 0 radical (unpaired) electrons. The summed E-state index contributed by atoms with van der Waals surface area (Å²) in [5.74, 6) is 0. The normalized spacial score (nSPS) is 24.3. The van der Waals surface area contributed by atoms with Crippen molar-refractivity contribution in [2.75, 3.05) is 40.0 Å². The van der Waals surface area contributed by atoms with Gasteiger partial charge < -0.3 is 19.7 Å². The van der Waals surface area contributed by atoms with Crippen molar-refractivity contribution >= 4 is 0 Å². The van der Waals surface area contributed by atoms with Gasteiger partial charge in [-0.3, -0.25) is 4.90 Å². The van der Waals surface area contributed by atoms with Crippen molar-refractivity contribution in [3.8, 4) is 0 Å². The Balaban J connectivity index is 2.35. The average Bonchev–Trinajstić information content (AvgIpc) is 2.60. The highest BCUT2D eigenvalue weighted by atomic mass is 16.5. The molecule has 0 aliphatic carbocycles. The summed E-state index contributed by atoms with van der Waals surface area (Å²) in [7, 11) is 1.64. The van der Waals surface area contributed by atoms with E-state index in [0.29, 0.717) is 32.4 Å². The summed E-state index contributed by atoms with van der Waals surface area (Å²) in [6.45, 7) is 4.90. The number of rotatable bonds is 9. The molecular formula is C15H31NO4. The van der Waals surface area contributed by atoms with Gasteiger partial charge in [0.1, 0.15) is 0 Å². The van der Waals surface area contributed by atoms with Crippen molar-refractivity contribution in [1.82, 2.24) is 4.90 Å². The Kier molecular flexibility index (Phi) is 9.39. The zero-order valence-corrected chi connectivity index (χ0v) is 13.0. The largest absolute Gasteiger partial charge is 0.393 e. The summed E-state index contributed by atoms with van der Waals surface area (Å²) < 4.78 is 10.3. The van der Waals surface area contributed by atoms with Gasteiger partial charge in [0.05, 0.1) is 32.0 Å². The molecule has 0 amide bonds. The second kappa shape index (κ2) is 10.5. The first-order valence-corrected chi connectivity index (χ1v) is 7.80. The predicted octanol–water partition coefficient (Wildman–Crippen LogP) is 1.03. The Morgan fingerprint density at radius 3 is 2.70 bits per heavy atom. The molecule has 3 atom stereocenters. The molecule has 3 unspecified atom stereocenters. The van der Waals surface area contributed by atoms with Gasteiger partial charge in [-0.05, 0) is 32.7 Å². The zero-order chi connectivity index (χ0) is 14.8.